The minimum absolute atomic E-state index is 0.0507. The van der Waals surface area contributed by atoms with Gasteiger partial charge in [0, 0.05) is 23.5 Å². The van der Waals surface area contributed by atoms with Crippen LogP contribution in [0.25, 0.3) is 11.4 Å². The van der Waals surface area contributed by atoms with Gasteiger partial charge in [0.05, 0.1) is 5.56 Å². The lowest BCUT2D eigenvalue weighted by Crippen LogP contribution is -2.52. The first kappa shape index (κ1) is 28.3. The SMILES string of the molecule is CC(C)(C)OC(=O)[C@@](C)(NC(=O)c1ccc(C(C)(C)C)cc1)c1ccc(-c2ncc(C(N)=NO)cn2)cc1. The van der Waals surface area contributed by atoms with Crippen LogP contribution in [-0.2, 0) is 20.5 Å². The molecule has 1 heterocycles. The van der Waals surface area contributed by atoms with Gasteiger partial charge in [-0.1, -0.05) is 62.3 Å². The van der Waals surface area contributed by atoms with Gasteiger partial charge in [-0.05, 0) is 56.4 Å². The minimum Gasteiger partial charge on any atom is -0.458 e. The molecule has 3 aromatic rings. The lowest BCUT2D eigenvalue weighted by Gasteiger charge is -2.33. The third kappa shape index (κ3) is 6.53. The Morgan fingerprint density at radius 2 is 1.37 bits per heavy atom. The molecule has 3 rings (SSSR count). The molecule has 38 heavy (non-hydrogen) atoms. The standard InChI is InChI=1S/C29H35N5O4/c1-27(2,3)21-12-10-19(11-13-21)25(35)33-29(7,26(36)38-28(4,5)6)22-14-8-18(9-15-22)24-31-16-20(17-32-24)23(30)34-37/h8-17,37H,1-7H3,(H2,30,34)(H,33,35)/t29-/m0/s1. The molecule has 9 nitrogen and oxygen atoms in total. The number of amides is 1. The van der Waals surface area contributed by atoms with E-state index < -0.39 is 23.0 Å². The van der Waals surface area contributed by atoms with Crippen molar-refractivity contribution in [3.63, 3.8) is 0 Å². The highest BCUT2D eigenvalue weighted by Crippen LogP contribution is 2.28. The number of amidine groups is 1. The number of carbonyl (C=O) groups excluding carboxylic acids is 2. The fourth-order valence-corrected chi connectivity index (χ4v) is 3.66. The van der Waals surface area contributed by atoms with E-state index in [0.717, 1.165) is 5.56 Å². The zero-order valence-electron chi connectivity index (χ0n) is 22.9. The van der Waals surface area contributed by atoms with Crippen molar-refractivity contribution >= 4 is 17.7 Å². The Labute approximate surface area is 223 Å². The number of esters is 1. The maximum Gasteiger partial charge on any atom is 0.336 e. The lowest BCUT2D eigenvalue weighted by molar-refractivity contribution is -0.162. The Morgan fingerprint density at radius 3 is 1.84 bits per heavy atom. The Morgan fingerprint density at radius 1 is 0.842 bits per heavy atom. The first-order valence-corrected chi connectivity index (χ1v) is 12.2. The topological polar surface area (TPSA) is 140 Å². The van der Waals surface area contributed by atoms with E-state index in [4.69, 9.17) is 15.7 Å². The summed E-state index contributed by atoms with van der Waals surface area (Å²) in [6, 6.07) is 14.3. The molecular formula is C29H35N5O4. The highest BCUT2D eigenvalue weighted by atomic mass is 16.6. The number of hydrogen-bond donors (Lipinski definition) is 3. The maximum absolute atomic E-state index is 13.4. The summed E-state index contributed by atoms with van der Waals surface area (Å²) in [5.41, 5.74) is 6.41. The summed E-state index contributed by atoms with van der Waals surface area (Å²) in [5.74, 6) is -0.668. The molecule has 0 saturated carbocycles. The van der Waals surface area contributed by atoms with E-state index >= 15 is 0 Å². The smallest absolute Gasteiger partial charge is 0.336 e. The van der Waals surface area contributed by atoms with Crippen molar-refractivity contribution in [3.8, 4) is 11.4 Å². The van der Waals surface area contributed by atoms with E-state index in [2.05, 4.69) is 41.2 Å². The van der Waals surface area contributed by atoms with E-state index in [1.165, 1.54) is 12.4 Å². The number of ether oxygens (including phenoxy) is 1. The van der Waals surface area contributed by atoms with E-state index in [1.807, 2.05) is 12.1 Å². The molecule has 0 radical (unpaired) electrons. The average Bonchev–Trinajstić information content (AvgIpc) is 2.87. The molecule has 1 aromatic heterocycles. The third-order valence-electron chi connectivity index (χ3n) is 5.96. The number of carbonyl (C=O) groups is 2. The number of aromatic nitrogens is 2. The Kier molecular flexibility index (Phi) is 7.90. The highest BCUT2D eigenvalue weighted by Gasteiger charge is 2.40. The van der Waals surface area contributed by atoms with Gasteiger partial charge in [0.25, 0.3) is 5.91 Å². The molecule has 1 amide bonds. The van der Waals surface area contributed by atoms with Gasteiger partial charge >= 0.3 is 5.97 Å². The minimum atomic E-state index is -1.47. The molecule has 4 N–H and O–H groups in total. The van der Waals surface area contributed by atoms with Gasteiger partial charge < -0.3 is 21.0 Å². The van der Waals surface area contributed by atoms with Crippen molar-refractivity contribution in [2.45, 2.75) is 65.0 Å². The Hall–Kier alpha value is -4.27. The van der Waals surface area contributed by atoms with E-state index in [0.29, 0.717) is 28.1 Å². The summed E-state index contributed by atoms with van der Waals surface area (Å²) >= 11 is 0. The van der Waals surface area contributed by atoms with Crippen molar-refractivity contribution in [2.75, 3.05) is 0 Å². The van der Waals surface area contributed by atoms with Crippen LogP contribution in [0, 0.1) is 0 Å². The normalized spacial score (nSPS) is 13.9. The molecular weight excluding hydrogens is 482 g/mol. The Bertz CT molecular complexity index is 1320. The second-order valence-electron chi connectivity index (χ2n) is 11.3. The van der Waals surface area contributed by atoms with E-state index in [9.17, 15) is 9.59 Å². The van der Waals surface area contributed by atoms with Gasteiger partial charge in [-0.2, -0.15) is 0 Å². The fourth-order valence-electron chi connectivity index (χ4n) is 3.66. The zero-order valence-corrected chi connectivity index (χ0v) is 22.9. The molecule has 0 saturated heterocycles. The second kappa shape index (κ2) is 10.6. The average molecular weight is 518 g/mol. The molecule has 0 bridgehead atoms. The summed E-state index contributed by atoms with van der Waals surface area (Å²) in [6.45, 7) is 13.3. The molecule has 0 aliphatic carbocycles. The van der Waals surface area contributed by atoms with Crippen molar-refractivity contribution in [1.29, 1.82) is 0 Å². The number of nitrogens with two attached hydrogens (primary N) is 1. The number of oxime groups is 1. The molecule has 9 heteroatoms. The molecule has 0 unspecified atom stereocenters. The van der Waals surface area contributed by atoms with Gasteiger partial charge in [-0.15, -0.1) is 0 Å². The van der Waals surface area contributed by atoms with Crippen molar-refractivity contribution in [2.24, 2.45) is 10.9 Å². The van der Waals surface area contributed by atoms with Crippen LogP contribution in [-0.4, -0.2) is 38.5 Å². The molecule has 0 aliphatic rings. The molecule has 0 fully saturated rings. The molecule has 1 atom stereocenters. The van der Waals surface area contributed by atoms with Gasteiger partial charge in [0.15, 0.2) is 17.2 Å². The van der Waals surface area contributed by atoms with E-state index in [-0.39, 0.29) is 11.3 Å². The van der Waals surface area contributed by atoms with Crippen molar-refractivity contribution < 1.29 is 19.5 Å². The first-order valence-electron chi connectivity index (χ1n) is 12.2. The summed E-state index contributed by atoms with van der Waals surface area (Å²) in [6.07, 6.45) is 2.89. The van der Waals surface area contributed by atoms with Crippen LogP contribution in [0.15, 0.2) is 66.1 Å². The first-order chi connectivity index (χ1) is 17.6. The number of hydrogen-bond acceptors (Lipinski definition) is 7. The summed E-state index contributed by atoms with van der Waals surface area (Å²) in [4.78, 5) is 35.2. The second-order valence-corrected chi connectivity index (χ2v) is 11.3. The molecule has 200 valence electrons. The molecule has 0 aliphatic heterocycles. The molecule has 2 aromatic carbocycles. The van der Waals surface area contributed by atoms with Crippen LogP contribution in [0.3, 0.4) is 0 Å². The van der Waals surface area contributed by atoms with Gasteiger partial charge in [-0.3, -0.25) is 4.79 Å². The fraction of sp³-hybridized carbons (Fsp3) is 0.345. The summed E-state index contributed by atoms with van der Waals surface area (Å²) in [7, 11) is 0. The van der Waals surface area contributed by atoms with Crippen LogP contribution in [0.2, 0.25) is 0 Å². The van der Waals surface area contributed by atoms with Gasteiger partial charge in [0.1, 0.15) is 5.60 Å². The number of nitrogens with one attached hydrogen (secondary N) is 1. The van der Waals surface area contributed by atoms with Crippen LogP contribution < -0.4 is 11.1 Å². The number of rotatable bonds is 6. The third-order valence-corrected chi connectivity index (χ3v) is 5.96. The predicted molar refractivity (Wildman–Crippen MR) is 146 cm³/mol. The summed E-state index contributed by atoms with van der Waals surface area (Å²) in [5, 5.41) is 14.7. The largest absolute Gasteiger partial charge is 0.458 e. The molecule has 0 spiro atoms. The predicted octanol–water partition coefficient (Wildman–Crippen LogP) is 4.52. The van der Waals surface area contributed by atoms with Crippen LogP contribution >= 0.6 is 0 Å². The van der Waals surface area contributed by atoms with Gasteiger partial charge in [0.2, 0.25) is 0 Å². The van der Waals surface area contributed by atoms with Crippen molar-refractivity contribution in [3.05, 3.63) is 83.2 Å². The van der Waals surface area contributed by atoms with Crippen molar-refractivity contribution in [1.82, 2.24) is 15.3 Å². The number of nitrogens with zero attached hydrogens (tertiary/aromatic N) is 3. The van der Waals surface area contributed by atoms with Crippen LogP contribution in [0.5, 0.6) is 0 Å². The monoisotopic (exact) mass is 517 g/mol. The maximum atomic E-state index is 13.4. The number of benzene rings is 2. The zero-order chi connectivity index (χ0) is 28.3. The van der Waals surface area contributed by atoms with Gasteiger partial charge in [-0.25, -0.2) is 14.8 Å². The van der Waals surface area contributed by atoms with E-state index in [1.54, 1.807) is 64.1 Å². The highest BCUT2D eigenvalue weighted by molar-refractivity contribution is 5.98. The Balaban J connectivity index is 1.93. The summed E-state index contributed by atoms with van der Waals surface area (Å²) < 4.78 is 5.70. The lowest BCUT2D eigenvalue weighted by atomic mass is 9.86. The quantitative estimate of drug-likeness (QED) is 0.144. The van der Waals surface area contributed by atoms with Crippen LogP contribution in [0.4, 0.5) is 0 Å². The van der Waals surface area contributed by atoms with Crippen LogP contribution in [0.1, 0.15) is 75.5 Å².